The molecule has 1 aliphatic rings. The lowest BCUT2D eigenvalue weighted by Crippen LogP contribution is -2.29. The fourth-order valence-corrected chi connectivity index (χ4v) is 3.01. The molecule has 24 heavy (non-hydrogen) atoms. The molecule has 0 amide bonds. The first-order chi connectivity index (χ1) is 11.8. The van der Waals surface area contributed by atoms with E-state index >= 15 is 0 Å². The second kappa shape index (κ2) is 9.67. The third-order valence-electron chi connectivity index (χ3n) is 4.03. The summed E-state index contributed by atoms with van der Waals surface area (Å²) in [5, 5.41) is 11.2. The molecule has 5 nitrogen and oxygen atoms in total. The van der Waals surface area contributed by atoms with Crippen LogP contribution in [0.25, 0.3) is 0 Å². The molecule has 0 saturated heterocycles. The van der Waals surface area contributed by atoms with Gasteiger partial charge in [0.2, 0.25) is 0 Å². The number of nitrogens with zero attached hydrogens (tertiary/aromatic N) is 3. The van der Waals surface area contributed by atoms with Gasteiger partial charge in [0.05, 0.1) is 6.54 Å². The van der Waals surface area contributed by atoms with Gasteiger partial charge < -0.3 is 5.11 Å². The summed E-state index contributed by atoms with van der Waals surface area (Å²) in [4.78, 5) is 10.9. The Kier molecular flexibility index (Phi) is 7.23. The largest absolute Gasteiger partial charge is 0.483 e. The highest BCUT2D eigenvalue weighted by atomic mass is 16.3. The second-order valence-corrected chi connectivity index (χ2v) is 5.84. The van der Waals surface area contributed by atoms with Crippen LogP contribution in [0, 0.1) is 0 Å². The minimum atomic E-state index is -0.250. The molecule has 128 valence electrons. The van der Waals surface area contributed by atoms with E-state index in [2.05, 4.69) is 53.3 Å². The molecular formula is C19H25N3O2. The van der Waals surface area contributed by atoms with Crippen LogP contribution >= 0.6 is 0 Å². The van der Waals surface area contributed by atoms with Crippen LogP contribution in [0.5, 0.6) is 0 Å². The maximum atomic E-state index is 8.36. The van der Waals surface area contributed by atoms with Crippen LogP contribution in [0.3, 0.4) is 0 Å². The molecule has 2 heterocycles. The Bertz CT molecular complexity index is 638. The van der Waals surface area contributed by atoms with Crippen LogP contribution in [0.15, 0.2) is 54.9 Å². The number of hydrogen-bond acceptors (Lipinski definition) is 3. The maximum Gasteiger partial charge on any atom is 0.290 e. The molecule has 0 spiro atoms. The standard InChI is InChI=1S/C18H23N3.CH2O2/c1-2-6-18-9-4-11-20(18)14-16-7-3-8-17(13-16)15-21-12-5-10-19-21;2-1-3/h3-5,7-10,12-13,18H,2,6,11,14-15H2,1H3;1H,(H,2,3). The highest BCUT2D eigenvalue weighted by Gasteiger charge is 2.18. The number of rotatable bonds is 6. The molecule has 1 N–H and O–H groups in total. The van der Waals surface area contributed by atoms with E-state index < -0.39 is 0 Å². The molecule has 0 bridgehead atoms. The molecular weight excluding hydrogens is 302 g/mol. The summed E-state index contributed by atoms with van der Waals surface area (Å²) in [7, 11) is 0. The predicted octanol–water partition coefficient (Wildman–Crippen LogP) is 3.17. The van der Waals surface area contributed by atoms with Crippen molar-refractivity contribution >= 4 is 6.47 Å². The van der Waals surface area contributed by atoms with Gasteiger partial charge in [-0.1, -0.05) is 49.8 Å². The average Bonchev–Trinajstić information content (AvgIpc) is 3.22. The Morgan fingerprint density at radius 3 is 2.71 bits per heavy atom. The zero-order valence-electron chi connectivity index (χ0n) is 14.1. The van der Waals surface area contributed by atoms with Crippen molar-refractivity contribution in [2.24, 2.45) is 0 Å². The van der Waals surface area contributed by atoms with E-state index in [1.165, 1.54) is 24.0 Å². The highest BCUT2D eigenvalue weighted by molar-refractivity contribution is 5.32. The zero-order valence-corrected chi connectivity index (χ0v) is 14.1. The first-order valence-electron chi connectivity index (χ1n) is 8.30. The summed E-state index contributed by atoms with van der Waals surface area (Å²) in [6, 6.07) is 11.5. The van der Waals surface area contributed by atoms with Crippen molar-refractivity contribution in [2.75, 3.05) is 6.54 Å². The minimum Gasteiger partial charge on any atom is -0.483 e. The molecule has 1 unspecified atom stereocenters. The topological polar surface area (TPSA) is 58.4 Å². The quantitative estimate of drug-likeness (QED) is 0.654. The van der Waals surface area contributed by atoms with Gasteiger partial charge in [0, 0.05) is 31.5 Å². The van der Waals surface area contributed by atoms with E-state index in [9.17, 15) is 0 Å². The van der Waals surface area contributed by atoms with Crippen molar-refractivity contribution in [3.63, 3.8) is 0 Å². The van der Waals surface area contributed by atoms with Gasteiger partial charge >= 0.3 is 0 Å². The van der Waals surface area contributed by atoms with Crippen LogP contribution in [0.2, 0.25) is 0 Å². The van der Waals surface area contributed by atoms with Crippen molar-refractivity contribution in [3.05, 3.63) is 66.0 Å². The normalized spacial score (nSPS) is 16.6. The van der Waals surface area contributed by atoms with Crippen LogP contribution in [-0.2, 0) is 17.9 Å². The summed E-state index contributed by atoms with van der Waals surface area (Å²) >= 11 is 0. The summed E-state index contributed by atoms with van der Waals surface area (Å²) in [5.41, 5.74) is 2.71. The second-order valence-electron chi connectivity index (χ2n) is 5.84. The van der Waals surface area contributed by atoms with E-state index in [0.717, 1.165) is 19.6 Å². The van der Waals surface area contributed by atoms with Gasteiger partial charge in [-0.05, 0) is 23.6 Å². The number of carbonyl (C=O) groups is 1. The molecule has 2 aromatic rings. The lowest BCUT2D eigenvalue weighted by atomic mass is 10.1. The van der Waals surface area contributed by atoms with Crippen LogP contribution in [0.1, 0.15) is 30.9 Å². The van der Waals surface area contributed by atoms with E-state index in [0.29, 0.717) is 6.04 Å². The van der Waals surface area contributed by atoms with Gasteiger partial charge in [-0.25, -0.2) is 0 Å². The van der Waals surface area contributed by atoms with Crippen molar-refractivity contribution in [1.29, 1.82) is 0 Å². The molecule has 0 aliphatic carbocycles. The van der Waals surface area contributed by atoms with E-state index in [4.69, 9.17) is 9.90 Å². The maximum absolute atomic E-state index is 8.36. The van der Waals surface area contributed by atoms with Gasteiger partial charge in [-0.2, -0.15) is 5.10 Å². The molecule has 1 aromatic heterocycles. The van der Waals surface area contributed by atoms with Gasteiger partial charge in [0.1, 0.15) is 0 Å². The SMILES string of the molecule is CCCC1C=CCN1Cc1cccc(Cn2cccn2)c1.O=CO. The first-order valence-corrected chi connectivity index (χ1v) is 8.30. The van der Waals surface area contributed by atoms with Crippen LogP contribution in [0.4, 0.5) is 0 Å². The van der Waals surface area contributed by atoms with Gasteiger partial charge in [0.25, 0.3) is 6.47 Å². The Balaban J connectivity index is 0.000000647. The Hall–Kier alpha value is -2.40. The molecule has 1 aromatic carbocycles. The van der Waals surface area contributed by atoms with Gasteiger partial charge in [-0.15, -0.1) is 0 Å². The number of benzene rings is 1. The van der Waals surface area contributed by atoms with Gasteiger partial charge in [0.15, 0.2) is 0 Å². The molecule has 5 heteroatoms. The summed E-state index contributed by atoms with van der Waals surface area (Å²) in [5.74, 6) is 0. The summed E-state index contributed by atoms with van der Waals surface area (Å²) in [6.45, 7) is 4.96. The summed E-state index contributed by atoms with van der Waals surface area (Å²) < 4.78 is 1.97. The van der Waals surface area contributed by atoms with E-state index in [1.807, 2.05) is 23.1 Å². The molecule has 0 radical (unpaired) electrons. The average molecular weight is 327 g/mol. The van der Waals surface area contributed by atoms with Crippen molar-refractivity contribution < 1.29 is 9.90 Å². The number of hydrogen-bond donors (Lipinski definition) is 1. The van der Waals surface area contributed by atoms with E-state index in [1.54, 1.807) is 0 Å². The van der Waals surface area contributed by atoms with Crippen molar-refractivity contribution in [2.45, 2.75) is 38.9 Å². The van der Waals surface area contributed by atoms with E-state index in [-0.39, 0.29) is 6.47 Å². The Morgan fingerprint density at radius 2 is 2.04 bits per heavy atom. The number of aromatic nitrogens is 2. The molecule has 3 rings (SSSR count). The summed E-state index contributed by atoms with van der Waals surface area (Å²) in [6.07, 6.45) is 11.0. The van der Waals surface area contributed by atoms with Gasteiger partial charge in [-0.3, -0.25) is 14.4 Å². The Morgan fingerprint density at radius 1 is 1.29 bits per heavy atom. The first kappa shape index (κ1) is 17.9. The molecule has 1 atom stereocenters. The smallest absolute Gasteiger partial charge is 0.290 e. The molecule has 0 fully saturated rings. The predicted molar refractivity (Wildman–Crippen MR) is 94.7 cm³/mol. The molecule has 0 saturated carbocycles. The van der Waals surface area contributed by atoms with Crippen molar-refractivity contribution in [3.8, 4) is 0 Å². The fraction of sp³-hybridized carbons (Fsp3) is 0.368. The van der Waals surface area contributed by atoms with Crippen LogP contribution in [-0.4, -0.2) is 38.8 Å². The minimum absolute atomic E-state index is 0.250. The zero-order chi connectivity index (χ0) is 17.2. The number of carboxylic acid groups (broad SMARTS) is 1. The highest BCUT2D eigenvalue weighted by Crippen LogP contribution is 2.19. The van der Waals surface area contributed by atoms with Crippen LogP contribution < -0.4 is 0 Å². The third kappa shape index (κ3) is 5.35. The third-order valence-corrected chi connectivity index (χ3v) is 4.03. The lowest BCUT2D eigenvalue weighted by molar-refractivity contribution is -0.122. The Labute approximate surface area is 143 Å². The fourth-order valence-electron chi connectivity index (χ4n) is 3.01. The van der Waals surface area contributed by atoms with Crippen molar-refractivity contribution in [1.82, 2.24) is 14.7 Å². The molecule has 1 aliphatic heterocycles. The lowest BCUT2D eigenvalue weighted by Gasteiger charge is -2.24. The monoisotopic (exact) mass is 327 g/mol.